The van der Waals surface area contributed by atoms with Crippen molar-refractivity contribution in [1.82, 2.24) is 9.88 Å². The van der Waals surface area contributed by atoms with Gasteiger partial charge in [0.05, 0.1) is 25.5 Å². The molecule has 2 aliphatic heterocycles. The SMILES string of the molecule is CC1(C)CN(C(=O)O)CC(=Cc2cccc(N3CCOCC3)n2)C1=O. The molecule has 2 fully saturated rings. The Morgan fingerprint density at radius 2 is 2.04 bits per heavy atom. The zero-order valence-corrected chi connectivity index (χ0v) is 14.6. The number of ether oxygens (including phenoxy) is 1. The smallest absolute Gasteiger partial charge is 0.407 e. The Hall–Kier alpha value is -2.41. The van der Waals surface area contributed by atoms with E-state index in [2.05, 4.69) is 9.88 Å². The predicted octanol–water partition coefficient (Wildman–Crippen LogP) is 1.89. The molecule has 0 bridgehead atoms. The van der Waals surface area contributed by atoms with E-state index in [-0.39, 0.29) is 18.9 Å². The number of nitrogens with zero attached hydrogens (tertiary/aromatic N) is 3. The molecular weight excluding hydrogens is 322 g/mol. The molecular formula is C18H23N3O4. The lowest BCUT2D eigenvalue weighted by Gasteiger charge is -2.36. The van der Waals surface area contributed by atoms with Crippen molar-refractivity contribution in [2.75, 3.05) is 44.3 Å². The zero-order valence-electron chi connectivity index (χ0n) is 14.6. The fourth-order valence-corrected chi connectivity index (χ4v) is 3.23. The summed E-state index contributed by atoms with van der Waals surface area (Å²) in [5.74, 6) is 0.818. The largest absolute Gasteiger partial charge is 0.465 e. The van der Waals surface area contributed by atoms with Gasteiger partial charge in [-0.3, -0.25) is 4.79 Å². The Morgan fingerprint density at radius 1 is 1.32 bits per heavy atom. The lowest BCUT2D eigenvalue weighted by molar-refractivity contribution is -0.125. The molecule has 1 N–H and O–H groups in total. The number of morpholine rings is 1. The van der Waals surface area contributed by atoms with Crippen molar-refractivity contribution in [1.29, 1.82) is 0 Å². The molecule has 0 atom stereocenters. The summed E-state index contributed by atoms with van der Waals surface area (Å²) in [6.45, 7) is 6.77. The van der Waals surface area contributed by atoms with Gasteiger partial charge in [0.15, 0.2) is 5.78 Å². The molecule has 2 saturated heterocycles. The van der Waals surface area contributed by atoms with Gasteiger partial charge in [0.25, 0.3) is 0 Å². The first-order chi connectivity index (χ1) is 11.9. The van der Waals surface area contributed by atoms with Crippen molar-refractivity contribution in [3.63, 3.8) is 0 Å². The maximum absolute atomic E-state index is 12.7. The maximum atomic E-state index is 12.7. The fourth-order valence-electron chi connectivity index (χ4n) is 3.23. The number of pyridine rings is 1. The summed E-state index contributed by atoms with van der Waals surface area (Å²) in [6, 6.07) is 5.66. The summed E-state index contributed by atoms with van der Waals surface area (Å²) in [5.41, 5.74) is 0.408. The van der Waals surface area contributed by atoms with Crippen molar-refractivity contribution in [2.24, 2.45) is 5.41 Å². The summed E-state index contributed by atoms with van der Waals surface area (Å²) in [7, 11) is 0. The second-order valence-corrected chi connectivity index (χ2v) is 7.04. The first kappa shape index (κ1) is 17.4. The molecule has 3 rings (SSSR count). The van der Waals surface area contributed by atoms with Crippen molar-refractivity contribution in [2.45, 2.75) is 13.8 Å². The van der Waals surface area contributed by atoms with Crippen molar-refractivity contribution in [3.05, 3.63) is 29.5 Å². The van der Waals surface area contributed by atoms with Crippen molar-refractivity contribution in [3.8, 4) is 0 Å². The average molecular weight is 345 g/mol. The van der Waals surface area contributed by atoms with E-state index in [4.69, 9.17) is 4.74 Å². The number of carbonyl (C=O) groups excluding carboxylic acids is 1. The Morgan fingerprint density at radius 3 is 2.72 bits per heavy atom. The van der Waals surface area contributed by atoms with E-state index in [0.717, 1.165) is 18.9 Å². The molecule has 134 valence electrons. The third kappa shape index (κ3) is 3.82. The lowest BCUT2D eigenvalue weighted by Crippen LogP contribution is -2.49. The third-order valence-electron chi connectivity index (χ3n) is 4.54. The molecule has 1 aromatic rings. The summed E-state index contributed by atoms with van der Waals surface area (Å²) < 4.78 is 5.36. The van der Waals surface area contributed by atoms with Gasteiger partial charge in [0.2, 0.25) is 0 Å². The Bertz CT molecular complexity index is 708. The van der Waals surface area contributed by atoms with E-state index in [1.165, 1.54) is 4.90 Å². The van der Waals surface area contributed by atoms with E-state index < -0.39 is 11.5 Å². The average Bonchev–Trinajstić information content (AvgIpc) is 2.59. The van der Waals surface area contributed by atoms with Crippen LogP contribution in [0.25, 0.3) is 6.08 Å². The van der Waals surface area contributed by atoms with Crippen LogP contribution in [0.5, 0.6) is 0 Å². The minimum absolute atomic E-state index is 0.0245. The van der Waals surface area contributed by atoms with Gasteiger partial charge in [0, 0.05) is 30.6 Å². The number of ketones is 1. The number of likely N-dealkylation sites (tertiary alicyclic amines) is 1. The molecule has 0 aliphatic carbocycles. The number of hydrogen-bond acceptors (Lipinski definition) is 5. The zero-order chi connectivity index (χ0) is 18.0. The molecule has 25 heavy (non-hydrogen) atoms. The molecule has 3 heterocycles. The molecule has 0 aromatic carbocycles. The van der Waals surface area contributed by atoms with Crippen LogP contribution < -0.4 is 4.90 Å². The van der Waals surface area contributed by atoms with Gasteiger partial charge in [-0.2, -0.15) is 0 Å². The number of rotatable bonds is 2. The molecule has 7 nitrogen and oxygen atoms in total. The van der Waals surface area contributed by atoms with Crippen LogP contribution in [0.2, 0.25) is 0 Å². The molecule has 0 unspecified atom stereocenters. The molecule has 7 heteroatoms. The fraction of sp³-hybridized carbons (Fsp3) is 0.500. The van der Waals surface area contributed by atoms with Gasteiger partial charge in [-0.1, -0.05) is 19.9 Å². The number of carbonyl (C=O) groups is 2. The molecule has 0 spiro atoms. The van der Waals surface area contributed by atoms with Crippen molar-refractivity contribution < 1.29 is 19.4 Å². The molecule has 0 saturated carbocycles. The van der Waals surface area contributed by atoms with E-state index in [9.17, 15) is 14.7 Å². The Kier molecular flexibility index (Phi) is 4.76. The number of aromatic nitrogens is 1. The van der Waals surface area contributed by atoms with Gasteiger partial charge in [-0.05, 0) is 18.2 Å². The normalized spacial score (nSPS) is 22.3. The quantitative estimate of drug-likeness (QED) is 0.824. The monoisotopic (exact) mass is 345 g/mol. The molecule has 1 amide bonds. The van der Waals surface area contributed by atoms with Gasteiger partial charge < -0.3 is 19.6 Å². The highest BCUT2D eigenvalue weighted by Gasteiger charge is 2.39. The number of amides is 1. The van der Waals surface area contributed by atoms with Crippen molar-refractivity contribution >= 4 is 23.8 Å². The van der Waals surface area contributed by atoms with Crippen LogP contribution in [0.1, 0.15) is 19.5 Å². The van der Waals surface area contributed by atoms with Crippen LogP contribution in [-0.4, -0.2) is 66.3 Å². The summed E-state index contributed by atoms with van der Waals surface area (Å²) in [4.78, 5) is 32.1. The highest BCUT2D eigenvalue weighted by Crippen LogP contribution is 2.29. The Labute approximate surface area is 146 Å². The van der Waals surface area contributed by atoms with Crippen LogP contribution in [0, 0.1) is 5.41 Å². The number of anilines is 1. The third-order valence-corrected chi connectivity index (χ3v) is 4.54. The first-order valence-electron chi connectivity index (χ1n) is 8.40. The van der Waals surface area contributed by atoms with E-state index >= 15 is 0 Å². The summed E-state index contributed by atoms with van der Waals surface area (Å²) in [5, 5.41) is 9.31. The van der Waals surface area contributed by atoms with Crippen LogP contribution in [0.3, 0.4) is 0 Å². The number of carboxylic acid groups (broad SMARTS) is 1. The van der Waals surface area contributed by atoms with Crippen LogP contribution in [0.4, 0.5) is 10.6 Å². The van der Waals surface area contributed by atoms with Gasteiger partial charge in [-0.15, -0.1) is 0 Å². The van der Waals surface area contributed by atoms with E-state index in [0.29, 0.717) is 24.5 Å². The molecule has 0 radical (unpaired) electrons. The second-order valence-electron chi connectivity index (χ2n) is 7.04. The summed E-state index contributed by atoms with van der Waals surface area (Å²) >= 11 is 0. The minimum atomic E-state index is -1.01. The highest BCUT2D eigenvalue weighted by molar-refractivity contribution is 6.04. The van der Waals surface area contributed by atoms with Gasteiger partial charge >= 0.3 is 6.09 Å². The molecule has 1 aromatic heterocycles. The number of piperidine rings is 1. The minimum Gasteiger partial charge on any atom is -0.465 e. The maximum Gasteiger partial charge on any atom is 0.407 e. The molecule has 2 aliphatic rings. The van der Waals surface area contributed by atoms with Crippen LogP contribution in [0.15, 0.2) is 23.8 Å². The van der Waals surface area contributed by atoms with E-state index in [1.807, 2.05) is 18.2 Å². The number of hydrogen-bond donors (Lipinski definition) is 1. The van der Waals surface area contributed by atoms with Gasteiger partial charge in [-0.25, -0.2) is 9.78 Å². The van der Waals surface area contributed by atoms with E-state index in [1.54, 1.807) is 19.9 Å². The second kappa shape index (κ2) is 6.84. The predicted molar refractivity (Wildman–Crippen MR) is 93.6 cm³/mol. The van der Waals surface area contributed by atoms with Crippen LogP contribution in [-0.2, 0) is 9.53 Å². The summed E-state index contributed by atoms with van der Waals surface area (Å²) in [6.07, 6.45) is 0.699. The van der Waals surface area contributed by atoms with Crippen LogP contribution >= 0.6 is 0 Å². The standard InChI is InChI=1S/C18H23N3O4/c1-18(2)12-21(17(23)24)11-13(16(18)22)10-14-4-3-5-15(19-14)20-6-8-25-9-7-20/h3-5,10H,6-9,11-12H2,1-2H3,(H,23,24). The highest BCUT2D eigenvalue weighted by atomic mass is 16.5. The number of Topliss-reactive ketones (excluding diaryl/α,β-unsaturated/α-hetero) is 1. The first-order valence-corrected chi connectivity index (χ1v) is 8.40. The topological polar surface area (TPSA) is 83.0 Å². The lowest BCUT2D eigenvalue weighted by atomic mass is 9.80. The van der Waals surface area contributed by atoms with Gasteiger partial charge in [0.1, 0.15) is 5.82 Å². The Balaban J connectivity index is 1.87.